The van der Waals surface area contributed by atoms with E-state index in [1.807, 2.05) is 24.3 Å². The molecule has 0 unspecified atom stereocenters. The van der Waals surface area contributed by atoms with Crippen LogP contribution in [-0.4, -0.2) is 7.11 Å². The van der Waals surface area contributed by atoms with Gasteiger partial charge in [-0.1, -0.05) is 6.07 Å². The summed E-state index contributed by atoms with van der Waals surface area (Å²) in [5.41, 5.74) is 6.44. The van der Waals surface area contributed by atoms with E-state index in [0.717, 1.165) is 15.1 Å². The second kappa shape index (κ2) is 5.27. The Morgan fingerprint density at radius 2 is 1.88 bits per heavy atom. The molecule has 0 atom stereocenters. The van der Waals surface area contributed by atoms with Gasteiger partial charge in [-0.25, -0.2) is 0 Å². The van der Waals surface area contributed by atoms with Crippen molar-refractivity contribution in [2.75, 3.05) is 12.8 Å². The van der Waals surface area contributed by atoms with E-state index in [2.05, 4.69) is 22.6 Å². The molecule has 0 saturated heterocycles. The van der Waals surface area contributed by atoms with Crippen molar-refractivity contribution in [1.82, 2.24) is 0 Å². The molecule has 0 bridgehead atoms. The molecule has 3 nitrogen and oxygen atoms in total. The Labute approximate surface area is 114 Å². The lowest BCUT2D eigenvalue weighted by molar-refractivity contribution is 0.409. The van der Waals surface area contributed by atoms with E-state index < -0.39 is 0 Å². The molecule has 2 rings (SSSR count). The van der Waals surface area contributed by atoms with E-state index in [1.165, 1.54) is 0 Å². The lowest BCUT2D eigenvalue weighted by atomic mass is 10.2. The van der Waals surface area contributed by atoms with Gasteiger partial charge >= 0.3 is 0 Å². The molecule has 2 N–H and O–H groups in total. The highest BCUT2D eigenvalue weighted by Gasteiger charge is 2.04. The minimum atomic E-state index is 0.588. The van der Waals surface area contributed by atoms with Crippen LogP contribution in [0.3, 0.4) is 0 Å². The van der Waals surface area contributed by atoms with Gasteiger partial charge in [-0.2, -0.15) is 0 Å². The van der Waals surface area contributed by atoms with Gasteiger partial charge in [-0.05, 0) is 52.9 Å². The molecule has 88 valence electrons. The van der Waals surface area contributed by atoms with Crippen molar-refractivity contribution in [1.29, 1.82) is 0 Å². The average Bonchev–Trinajstić information content (AvgIpc) is 2.32. The molecule has 0 aliphatic rings. The minimum absolute atomic E-state index is 0.588. The number of benzene rings is 2. The molecular formula is C13H12INO2. The molecule has 17 heavy (non-hydrogen) atoms. The Bertz CT molecular complexity index is 529. The van der Waals surface area contributed by atoms with Crippen molar-refractivity contribution >= 4 is 28.3 Å². The van der Waals surface area contributed by atoms with Crippen LogP contribution in [0.2, 0.25) is 0 Å². The van der Waals surface area contributed by atoms with Crippen molar-refractivity contribution < 1.29 is 9.47 Å². The van der Waals surface area contributed by atoms with Crippen molar-refractivity contribution in [3.63, 3.8) is 0 Å². The second-order valence-electron chi connectivity index (χ2n) is 3.46. The van der Waals surface area contributed by atoms with Gasteiger partial charge < -0.3 is 15.2 Å². The van der Waals surface area contributed by atoms with E-state index in [0.29, 0.717) is 11.4 Å². The highest BCUT2D eigenvalue weighted by atomic mass is 127. The SMILES string of the molecule is COc1ccc(N)c(Oc2cccc(I)c2)c1. The normalized spacial score (nSPS) is 10.0. The third kappa shape index (κ3) is 3.03. The van der Waals surface area contributed by atoms with Gasteiger partial charge in [0.1, 0.15) is 11.5 Å². The molecule has 0 spiro atoms. The summed E-state index contributed by atoms with van der Waals surface area (Å²) < 4.78 is 12.0. The monoisotopic (exact) mass is 341 g/mol. The molecule has 2 aromatic carbocycles. The largest absolute Gasteiger partial charge is 0.497 e. The third-order valence-electron chi connectivity index (χ3n) is 2.24. The van der Waals surface area contributed by atoms with E-state index in [-0.39, 0.29) is 0 Å². The Morgan fingerprint density at radius 3 is 2.59 bits per heavy atom. The number of hydrogen-bond donors (Lipinski definition) is 1. The predicted molar refractivity (Wildman–Crippen MR) is 76.6 cm³/mol. The van der Waals surface area contributed by atoms with Gasteiger partial charge in [0.2, 0.25) is 0 Å². The maximum Gasteiger partial charge on any atom is 0.153 e. The van der Waals surface area contributed by atoms with Crippen molar-refractivity contribution in [3.05, 3.63) is 46.0 Å². The van der Waals surface area contributed by atoms with Crippen LogP contribution >= 0.6 is 22.6 Å². The number of hydrogen-bond acceptors (Lipinski definition) is 3. The Morgan fingerprint density at radius 1 is 1.06 bits per heavy atom. The van der Waals surface area contributed by atoms with Crippen LogP contribution in [0.4, 0.5) is 5.69 Å². The fourth-order valence-corrected chi connectivity index (χ4v) is 1.90. The van der Waals surface area contributed by atoms with Gasteiger partial charge in [0.15, 0.2) is 5.75 Å². The summed E-state index contributed by atoms with van der Waals surface area (Å²) >= 11 is 2.23. The van der Waals surface area contributed by atoms with Crippen LogP contribution in [-0.2, 0) is 0 Å². The van der Waals surface area contributed by atoms with E-state index in [9.17, 15) is 0 Å². The van der Waals surface area contributed by atoms with Crippen LogP contribution in [0.15, 0.2) is 42.5 Å². The number of halogens is 1. The quantitative estimate of drug-likeness (QED) is 0.684. The number of anilines is 1. The first-order valence-corrected chi connectivity index (χ1v) is 6.14. The van der Waals surface area contributed by atoms with Crippen LogP contribution in [0.1, 0.15) is 0 Å². The molecule has 2 aromatic rings. The van der Waals surface area contributed by atoms with Gasteiger partial charge in [0.25, 0.3) is 0 Å². The Balaban J connectivity index is 2.29. The molecule has 0 heterocycles. The molecule has 0 aliphatic heterocycles. The molecule has 0 aromatic heterocycles. The van der Waals surface area contributed by atoms with Crippen LogP contribution in [0.5, 0.6) is 17.2 Å². The standard InChI is InChI=1S/C13H12INO2/c1-16-10-5-6-12(15)13(8-10)17-11-4-2-3-9(14)7-11/h2-8H,15H2,1H3. The van der Waals surface area contributed by atoms with Crippen LogP contribution < -0.4 is 15.2 Å². The average molecular weight is 341 g/mol. The lowest BCUT2D eigenvalue weighted by Crippen LogP contribution is -1.93. The molecule has 0 fully saturated rings. The highest BCUT2D eigenvalue weighted by molar-refractivity contribution is 14.1. The smallest absolute Gasteiger partial charge is 0.153 e. The summed E-state index contributed by atoms with van der Waals surface area (Å²) in [5, 5.41) is 0. The molecule has 0 amide bonds. The summed E-state index contributed by atoms with van der Waals surface area (Å²) in [4.78, 5) is 0. The first-order chi connectivity index (χ1) is 8.19. The summed E-state index contributed by atoms with van der Waals surface area (Å²) in [6, 6.07) is 13.1. The highest BCUT2D eigenvalue weighted by Crippen LogP contribution is 2.31. The lowest BCUT2D eigenvalue weighted by Gasteiger charge is -2.10. The van der Waals surface area contributed by atoms with Gasteiger partial charge in [-0.3, -0.25) is 0 Å². The number of nitrogens with two attached hydrogens (primary N) is 1. The Hall–Kier alpha value is -1.43. The summed E-state index contributed by atoms with van der Waals surface area (Å²) in [7, 11) is 1.61. The van der Waals surface area contributed by atoms with E-state index in [4.69, 9.17) is 15.2 Å². The van der Waals surface area contributed by atoms with Gasteiger partial charge in [0.05, 0.1) is 12.8 Å². The predicted octanol–water partition coefficient (Wildman–Crippen LogP) is 3.67. The minimum Gasteiger partial charge on any atom is -0.497 e. The summed E-state index contributed by atoms with van der Waals surface area (Å²) in [6.45, 7) is 0. The zero-order valence-corrected chi connectivity index (χ0v) is 11.5. The fraction of sp³-hybridized carbons (Fsp3) is 0.0769. The number of nitrogen functional groups attached to an aromatic ring is 1. The first kappa shape index (κ1) is 12.0. The molecule has 4 heteroatoms. The maximum absolute atomic E-state index is 5.85. The van der Waals surface area contributed by atoms with Gasteiger partial charge in [-0.15, -0.1) is 0 Å². The van der Waals surface area contributed by atoms with E-state index in [1.54, 1.807) is 25.3 Å². The third-order valence-corrected chi connectivity index (χ3v) is 2.92. The van der Waals surface area contributed by atoms with Crippen molar-refractivity contribution in [2.24, 2.45) is 0 Å². The van der Waals surface area contributed by atoms with Crippen molar-refractivity contribution in [2.45, 2.75) is 0 Å². The zero-order valence-electron chi connectivity index (χ0n) is 9.31. The molecule has 0 aliphatic carbocycles. The zero-order chi connectivity index (χ0) is 12.3. The number of methoxy groups -OCH3 is 1. The molecule has 0 radical (unpaired) electrons. The number of ether oxygens (including phenoxy) is 2. The topological polar surface area (TPSA) is 44.5 Å². The summed E-state index contributed by atoms with van der Waals surface area (Å²) in [6.07, 6.45) is 0. The van der Waals surface area contributed by atoms with E-state index >= 15 is 0 Å². The van der Waals surface area contributed by atoms with Gasteiger partial charge in [0, 0.05) is 9.64 Å². The number of rotatable bonds is 3. The second-order valence-corrected chi connectivity index (χ2v) is 4.71. The Kier molecular flexibility index (Phi) is 3.73. The maximum atomic E-state index is 5.85. The molecular weight excluding hydrogens is 329 g/mol. The van der Waals surface area contributed by atoms with Crippen LogP contribution in [0.25, 0.3) is 0 Å². The van der Waals surface area contributed by atoms with Crippen molar-refractivity contribution in [3.8, 4) is 17.2 Å². The molecule has 0 saturated carbocycles. The summed E-state index contributed by atoms with van der Waals surface area (Å²) in [5.74, 6) is 2.09. The van der Waals surface area contributed by atoms with Crippen LogP contribution in [0, 0.1) is 3.57 Å². The first-order valence-electron chi connectivity index (χ1n) is 5.06. The fourth-order valence-electron chi connectivity index (χ4n) is 1.39.